The van der Waals surface area contributed by atoms with Gasteiger partial charge in [-0.3, -0.25) is 4.57 Å². The maximum Gasteiger partial charge on any atom is 0.359 e. The maximum atomic E-state index is 12.5. The first-order chi connectivity index (χ1) is 8.94. The molecule has 0 aliphatic carbocycles. The molecule has 0 radical (unpaired) electrons. The van der Waals surface area contributed by atoms with Gasteiger partial charge in [-0.2, -0.15) is 0 Å². The van der Waals surface area contributed by atoms with Crippen LogP contribution in [0.1, 0.15) is 25.5 Å². The lowest BCUT2D eigenvalue weighted by molar-refractivity contribution is 0.193. The Labute approximate surface area is 122 Å². The molecule has 0 aliphatic heterocycles. The van der Waals surface area contributed by atoms with Crippen molar-refractivity contribution in [1.82, 2.24) is 0 Å². The van der Waals surface area contributed by atoms with E-state index in [9.17, 15) is 9.67 Å². The van der Waals surface area contributed by atoms with Gasteiger partial charge >= 0.3 is 7.60 Å². The highest BCUT2D eigenvalue weighted by molar-refractivity contribution is 9.10. The molecule has 1 aromatic carbocycles. The molecule has 0 saturated heterocycles. The third kappa shape index (κ3) is 4.26. The molecule has 0 aliphatic rings. The van der Waals surface area contributed by atoms with Crippen molar-refractivity contribution < 1.29 is 18.7 Å². The Morgan fingerprint density at radius 1 is 1.42 bits per heavy atom. The molecule has 0 saturated carbocycles. The smallest absolute Gasteiger partial charge is 0.359 e. The molecule has 19 heavy (non-hydrogen) atoms. The average Bonchev–Trinajstić information content (AvgIpc) is 2.37. The average molecular weight is 349 g/mol. The molecule has 0 fully saturated rings. The zero-order chi connectivity index (χ0) is 14.5. The first-order valence-corrected chi connectivity index (χ1v) is 8.30. The van der Waals surface area contributed by atoms with Gasteiger partial charge in [0.25, 0.3) is 0 Å². The fraction of sp³-hybridized carbons (Fsp3) is 0.385. The molecule has 1 N–H and O–H groups in total. The van der Waals surface area contributed by atoms with Crippen molar-refractivity contribution in [2.45, 2.75) is 20.0 Å². The monoisotopic (exact) mass is 348 g/mol. The predicted octanol–water partition coefficient (Wildman–Crippen LogP) is 4.26. The predicted molar refractivity (Wildman–Crippen MR) is 79.1 cm³/mol. The molecule has 6 heteroatoms. The molecule has 0 spiro atoms. The molecule has 0 bridgehead atoms. The van der Waals surface area contributed by atoms with Gasteiger partial charge < -0.3 is 14.2 Å². The lowest BCUT2D eigenvalue weighted by Crippen LogP contribution is -2.06. The zero-order valence-corrected chi connectivity index (χ0v) is 13.5. The summed E-state index contributed by atoms with van der Waals surface area (Å²) < 4.78 is 23.6. The van der Waals surface area contributed by atoms with E-state index >= 15 is 0 Å². The number of hydrogen-bond donors (Lipinski definition) is 1. The van der Waals surface area contributed by atoms with Crippen molar-refractivity contribution in [2.24, 2.45) is 0 Å². The number of halogens is 1. The highest BCUT2D eigenvalue weighted by Gasteiger charge is 2.33. The van der Waals surface area contributed by atoms with Gasteiger partial charge in [0, 0.05) is 4.47 Å². The summed E-state index contributed by atoms with van der Waals surface area (Å²) in [7, 11) is -3.51. The summed E-state index contributed by atoms with van der Waals surface area (Å²) in [5.74, 6) is 0. The second kappa shape index (κ2) is 7.36. The normalized spacial score (nSPS) is 13.3. The number of aliphatic hydroxyl groups excluding tert-OH is 1. The van der Waals surface area contributed by atoms with Gasteiger partial charge in [-0.15, -0.1) is 0 Å². The van der Waals surface area contributed by atoms with Crippen molar-refractivity contribution in [3.8, 4) is 0 Å². The summed E-state index contributed by atoms with van der Waals surface area (Å²) in [6.45, 7) is 7.56. The number of hydrogen-bond acceptors (Lipinski definition) is 4. The number of benzene rings is 1. The number of rotatable bonds is 7. The molecular weight excluding hydrogens is 331 g/mol. The van der Waals surface area contributed by atoms with E-state index in [0.29, 0.717) is 5.56 Å². The summed E-state index contributed by atoms with van der Waals surface area (Å²) in [5, 5.41) is 10.3. The first-order valence-electron chi connectivity index (χ1n) is 5.96. The van der Waals surface area contributed by atoms with Crippen molar-refractivity contribution in [3.05, 3.63) is 46.2 Å². The fourth-order valence-electron chi connectivity index (χ4n) is 1.56. The van der Waals surface area contributed by atoms with Crippen LogP contribution >= 0.6 is 23.5 Å². The van der Waals surface area contributed by atoms with E-state index < -0.39 is 13.7 Å². The Morgan fingerprint density at radius 3 is 2.47 bits per heavy atom. The van der Waals surface area contributed by atoms with Crippen LogP contribution in [0.15, 0.2) is 40.6 Å². The Bertz CT molecular complexity index is 479. The lowest BCUT2D eigenvalue weighted by atomic mass is 10.1. The fourth-order valence-corrected chi connectivity index (χ4v) is 3.51. The van der Waals surface area contributed by atoms with Gasteiger partial charge in [0.15, 0.2) is 0 Å². The Morgan fingerprint density at radius 2 is 2.00 bits per heavy atom. The molecule has 1 atom stereocenters. The summed E-state index contributed by atoms with van der Waals surface area (Å²) in [6.07, 6.45) is -1.10. The van der Waals surface area contributed by atoms with Crippen molar-refractivity contribution in [1.29, 1.82) is 0 Å². The minimum absolute atomic E-state index is 0.0503. The highest BCUT2D eigenvalue weighted by Crippen LogP contribution is 2.59. The minimum Gasteiger partial charge on any atom is -0.383 e. The van der Waals surface area contributed by atoms with E-state index in [0.717, 1.165) is 4.47 Å². The molecule has 0 aromatic heterocycles. The largest absolute Gasteiger partial charge is 0.383 e. The van der Waals surface area contributed by atoms with Gasteiger partial charge in [0.1, 0.15) is 6.10 Å². The van der Waals surface area contributed by atoms with E-state index in [1.165, 1.54) is 0 Å². The van der Waals surface area contributed by atoms with Crippen LogP contribution in [0.5, 0.6) is 0 Å². The molecule has 4 nitrogen and oxygen atoms in total. The van der Waals surface area contributed by atoms with Crippen molar-refractivity contribution >= 4 is 23.5 Å². The van der Waals surface area contributed by atoms with E-state index in [1.807, 2.05) is 6.07 Å². The second-order valence-corrected chi connectivity index (χ2v) is 6.78. The third-order valence-electron chi connectivity index (χ3n) is 2.43. The van der Waals surface area contributed by atoms with Gasteiger partial charge in [0.2, 0.25) is 0 Å². The number of aliphatic hydroxyl groups is 1. The van der Waals surface area contributed by atoms with Crippen LogP contribution in [-0.4, -0.2) is 18.3 Å². The minimum atomic E-state index is -3.51. The van der Waals surface area contributed by atoms with Gasteiger partial charge in [0.05, 0.1) is 18.5 Å². The SMILES string of the molecule is C=C(C(O)c1cccc(Br)c1)P(=O)(OCC)OCC. The summed E-state index contributed by atoms with van der Waals surface area (Å²) in [4.78, 5) is 0. The quantitative estimate of drug-likeness (QED) is 0.748. The van der Waals surface area contributed by atoms with Crippen LogP contribution in [0.2, 0.25) is 0 Å². The van der Waals surface area contributed by atoms with E-state index in [4.69, 9.17) is 9.05 Å². The van der Waals surface area contributed by atoms with Crippen LogP contribution < -0.4 is 0 Å². The molecule has 1 aromatic rings. The Hall–Kier alpha value is -0.450. The van der Waals surface area contributed by atoms with Crippen LogP contribution in [-0.2, 0) is 13.6 Å². The lowest BCUT2D eigenvalue weighted by Gasteiger charge is -2.22. The summed E-state index contributed by atoms with van der Waals surface area (Å²) in [5.41, 5.74) is 0.582. The Balaban J connectivity index is 3.00. The topological polar surface area (TPSA) is 55.8 Å². The molecule has 0 heterocycles. The van der Waals surface area contributed by atoms with Gasteiger partial charge in [-0.25, -0.2) is 0 Å². The molecule has 1 unspecified atom stereocenters. The highest BCUT2D eigenvalue weighted by atomic mass is 79.9. The second-order valence-electron chi connectivity index (χ2n) is 3.78. The molecule has 106 valence electrons. The van der Waals surface area contributed by atoms with E-state index in [-0.39, 0.29) is 18.5 Å². The van der Waals surface area contributed by atoms with Crippen LogP contribution in [0, 0.1) is 0 Å². The van der Waals surface area contributed by atoms with Crippen LogP contribution in [0.25, 0.3) is 0 Å². The van der Waals surface area contributed by atoms with Gasteiger partial charge in [-0.05, 0) is 31.5 Å². The molecule has 0 amide bonds. The van der Waals surface area contributed by atoms with Crippen molar-refractivity contribution in [3.63, 3.8) is 0 Å². The Kier molecular flexibility index (Phi) is 6.43. The molecular formula is C13H18BrO4P. The first kappa shape index (κ1) is 16.6. The zero-order valence-electron chi connectivity index (χ0n) is 11.0. The van der Waals surface area contributed by atoms with Crippen LogP contribution in [0.3, 0.4) is 0 Å². The van der Waals surface area contributed by atoms with E-state index in [2.05, 4.69) is 22.5 Å². The standard InChI is InChI=1S/C13H18BrO4P/c1-4-17-19(16,18-5-2)10(3)13(15)11-7-6-8-12(14)9-11/h6-9,13,15H,3-5H2,1-2H3. The summed E-state index contributed by atoms with van der Waals surface area (Å²) in [6, 6.07) is 7.08. The van der Waals surface area contributed by atoms with E-state index in [1.54, 1.807) is 32.0 Å². The van der Waals surface area contributed by atoms with Gasteiger partial charge in [-0.1, -0.05) is 34.6 Å². The van der Waals surface area contributed by atoms with Crippen LogP contribution in [0.4, 0.5) is 0 Å². The molecule has 1 rings (SSSR count). The maximum absolute atomic E-state index is 12.5. The van der Waals surface area contributed by atoms with Crippen molar-refractivity contribution in [2.75, 3.05) is 13.2 Å². The summed E-state index contributed by atoms with van der Waals surface area (Å²) >= 11 is 3.32. The third-order valence-corrected chi connectivity index (χ3v) is 5.07.